The van der Waals surface area contributed by atoms with Gasteiger partial charge in [-0.3, -0.25) is 4.79 Å². The zero-order valence-electron chi connectivity index (χ0n) is 18.1. The van der Waals surface area contributed by atoms with E-state index in [2.05, 4.69) is 46.8 Å². The molecule has 0 saturated carbocycles. The SMILES string of the molecule is CC(C)C(C)(C(=O)OCCOCCOc1cccc2ccccc12)C(C)(C)C. The molecule has 154 valence electrons. The van der Waals surface area contributed by atoms with Crippen LogP contribution in [0.15, 0.2) is 42.5 Å². The molecule has 28 heavy (non-hydrogen) atoms. The van der Waals surface area contributed by atoms with Crippen molar-refractivity contribution in [2.45, 2.75) is 41.5 Å². The average molecular weight is 387 g/mol. The molecule has 1 unspecified atom stereocenters. The number of carbonyl (C=O) groups is 1. The highest BCUT2D eigenvalue weighted by Crippen LogP contribution is 2.45. The molecular formula is C24H34O4. The third kappa shape index (κ3) is 5.05. The maximum atomic E-state index is 12.6. The Morgan fingerprint density at radius 1 is 0.893 bits per heavy atom. The van der Waals surface area contributed by atoms with Gasteiger partial charge in [-0.05, 0) is 29.7 Å². The summed E-state index contributed by atoms with van der Waals surface area (Å²) in [5, 5.41) is 2.24. The van der Waals surface area contributed by atoms with Gasteiger partial charge in [-0.15, -0.1) is 0 Å². The molecule has 0 amide bonds. The highest BCUT2D eigenvalue weighted by molar-refractivity contribution is 5.88. The number of esters is 1. The first kappa shape index (κ1) is 22.2. The van der Waals surface area contributed by atoms with Crippen LogP contribution in [0.25, 0.3) is 10.8 Å². The largest absolute Gasteiger partial charge is 0.491 e. The van der Waals surface area contributed by atoms with Crippen LogP contribution in [-0.4, -0.2) is 32.4 Å². The van der Waals surface area contributed by atoms with Crippen LogP contribution in [0, 0.1) is 16.7 Å². The van der Waals surface area contributed by atoms with Gasteiger partial charge in [-0.25, -0.2) is 0 Å². The molecule has 0 aromatic heterocycles. The molecule has 0 aliphatic heterocycles. The summed E-state index contributed by atoms with van der Waals surface area (Å²) in [5.74, 6) is 0.881. The van der Waals surface area contributed by atoms with Gasteiger partial charge >= 0.3 is 5.97 Å². The zero-order chi connectivity index (χ0) is 20.8. The molecule has 4 nitrogen and oxygen atoms in total. The first-order valence-electron chi connectivity index (χ1n) is 10.0. The lowest BCUT2D eigenvalue weighted by molar-refractivity contribution is -0.167. The van der Waals surface area contributed by atoms with Gasteiger partial charge in [0.2, 0.25) is 0 Å². The van der Waals surface area contributed by atoms with Crippen LogP contribution < -0.4 is 4.74 Å². The lowest BCUT2D eigenvalue weighted by Gasteiger charge is -2.42. The minimum absolute atomic E-state index is 0.161. The van der Waals surface area contributed by atoms with E-state index in [9.17, 15) is 4.79 Å². The van der Waals surface area contributed by atoms with Gasteiger partial charge in [-0.2, -0.15) is 0 Å². The molecule has 0 saturated heterocycles. The summed E-state index contributed by atoms with van der Waals surface area (Å²) >= 11 is 0. The predicted octanol–water partition coefficient (Wildman–Crippen LogP) is 5.49. The molecular weight excluding hydrogens is 352 g/mol. The summed E-state index contributed by atoms with van der Waals surface area (Å²) in [7, 11) is 0. The Bertz CT molecular complexity index is 770. The van der Waals surface area contributed by atoms with E-state index in [1.807, 2.05) is 37.3 Å². The Labute approximate surface area is 169 Å². The van der Waals surface area contributed by atoms with E-state index in [1.165, 1.54) is 0 Å². The van der Waals surface area contributed by atoms with Crippen molar-refractivity contribution in [2.75, 3.05) is 26.4 Å². The number of carbonyl (C=O) groups excluding carboxylic acids is 1. The third-order valence-corrected chi connectivity index (χ3v) is 5.83. The Kier molecular flexibility index (Phi) is 7.48. The molecule has 0 heterocycles. The minimum atomic E-state index is -0.537. The molecule has 0 fully saturated rings. The van der Waals surface area contributed by atoms with E-state index in [1.54, 1.807) is 0 Å². The van der Waals surface area contributed by atoms with Gasteiger partial charge in [0, 0.05) is 5.39 Å². The fourth-order valence-corrected chi connectivity index (χ4v) is 3.39. The highest BCUT2D eigenvalue weighted by atomic mass is 16.6. The molecule has 2 aromatic carbocycles. The Morgan fingerprint density at radius 3 is 2.21 bits per heavy atom. The average Bonchev–Trinajstić information content (AvgIpc) is 2.65. The molecule has 0 aliphatic rings. The van der Waals surface area contributed by atoms with Gasteiger partial charge in [0.05, 0.1) is 18.6 Å². The standard InChI is InChI=1S/C24H34O4/c1-18(2)24(6,23(3,4)5)22(25)28-17-15-26-14-16-27-21-13-9-11-19-10-7-8-12-20(19)21/h7-13,18H,14-17H2,1-6H3. The summed E-state index contributed by atoms with van der Waals surface area (Å²) in [5.41, 5.74) is -0.712. The van der Waals surface area contributed by atoms with Crippen molar-refractivity contribution < 1.29 is 19.0 Å². The summed E-state index contributed by atoms with van der Waals surface area (Å²) < 4.78 is 16.9. The Hall–Kier alpha value is -2.07. The first-order chi connectivity index (χ1) is 13.2. The second-order valence-corrected chi connectivity index (χ2v) is 8.68. The zero-order valence-corrected chi connectivity index (χ0v) is 18.1. The maximum Gasteiger partial charge on any atom is 0.312 e. The van der Waals surface area contributed by atoms with Crippen LogP contribution in [-0.2, 0) is 14.3 Å². The summed E-state index contributed by atoms with van der Waals surface area (Å²) in [6, 6.07) is 14.1. The summed E-state index contributed by atoms with van der Waals surface area (Å²) in [6.45, 7) is 13.9. The van der Waals surface area contributed by atoms with Crippen LogP contribution in [0.2, 0.25) is 0 Å². The van der Waals surface area contributed by atoms with Crippen LogP contribution in [0.4, 0.5) is 0 Å². The van der Waals surface area contributed by atoms with Gasteiger partial charge < -0.3 is 14.2 Å². The molecule has 1 atom stereocenters. The van der Waals surface area contributed by atoms with E-state index >= 15 is 0 Å². The van der Waals surface area contributed by atoms with Crippen molar-refractivity contribution in [1.82, 2.24) is 0 Å². The van der Waals surface area contributed by atoms with Crippen molar-refractivity contribution in [3.8, 4) is 5.75 Å². The Balaban J connectivity index is 1.73. The van der Waals surface area contributed by atoms with Gasteiger partial charge in [0.15, 0.2) is 0 Å². The monoisotopic (exact) mass is 386 g/mol. The van der Waals surface area contributed by atoms with E-state index in [0.717, 1.165) is 16.5 Å². The molecule has 0 radical (unpaired) electrons. The number of rotatable bonds is 9. The van der Waals surface area contributed by atoms with E-state index in [-0.39, 0.29) is 23.9 Å². The van der Waals surface area contributed by atoms with Gasteiger partial charge in [0.1, 0.15) is 19.0 Å². The fraction of sp³-hybridized carbons (Fsp3) is 0.542. The second kappa shape index (κ2) is 9.42. The van der Waals surface area contributed by atoms with Crippen molar-refractivity contribution in [3.05, 3.63) is 42.5 Å². The van der Waals surface area contributed by atoms with E-state index in [4.69, 9.17) is 14.2 Å². The maximum absolute atomic E-state index is 12.6. The Morgan fingerprint density at radius 2 is 1.54 bits per heavy atom. The first-order valence-corrected chi connectivity index (χ1v) is 10.0. The quantitative estimate of drug-likeness (QED) is 0.422. The van der Waals surface area contributed by atoms with E-state index in [0.29, 0.717) is 19.8 Å². The number of benzene rings is 2. The predicted molar refractivity (Wildman–Crippen MR) is 114 cm³/mol. The van der Waals surface area contributed by atoms with Crippen LogP contribution in [0.5, 0.6) is 5.75 Å². The number of hydrogen-bond acceptors (Lipinski definition) is 4. The van der Waals surface area contributed by atoms with Crippen molar-refractivity contribution in [3.63, 3.8) is 0 Å². The number of hydrogen-bond donors (Lipinski definition) is 0. The summed E-state index contributed by atoms with van der Waals surface area (Å²) in [6.07, 6.45) is 0. The molecule has 0 spiro atoms. The minimum Gasteiger partial charge on any atom is -0.491 e. The topological polar surface area (TPSA) is 44.8 Å². The van der Waals surface area contributed by atoms with Crippen LogP contribution in [0.1, 0.15) is 41.5 Å². The van der Waals surface area contributed by atoms with Crippen LogP contribution in [0.3, 0.4) is 0 Å². The third-order valence-electron chi connectivity index (χ3n) is 5.83. The fourth-order valence-electron chi connectivity index (χ4n) is 3.39. The molecule has 2 aromatic rings. The number of ether oxygens (including phenoxy) is 3. The molecule has 0 N–H and O–H groups in total. The van der Waals surface area contributed by atoms with Crippen molar-refractivity contribution in [1.29, 1.82) is 0 Å². The highest BCUT2D eigenvalue weighted by Gasteiger charge is 2.47. The van der Waals surface area contributed by atoms with E-state index < -0.39 is 5.41 Å². The molecule has 0 bridgehead atoms. The van der Waals surface area contributed by atoms with Gasteiger partial charge in [0.25, 0.3) is 0 Å². The summed E-state index contributed by atoms with van der Waals surface area (Å²) in [4.78, 5) is 12.6. The van der Waals surface area contributed by atoms with Crippen LogP contribution >= 0.6 is 0 Å². The molecule has 0 aliphatic carbocycles. The number of fused-ring (bicyclic) bond motifs is 1. The van der Waals surface area contributed by atoms with Gasteiger partial charge in [-0.1, -0.05) is 71.0 Å². The molecule has 2 rings (SSSR count). The smallest absolute Gasteiger partial charge is 0.312 e. The second-order valence-electron chi connectivity index (χ2n) is 8.68. The molecule has 4 heteroatoms. The normalized spacial score (nSPS) is 14.1. The van der Waals surface area contributed by atoms with Crippen molar-refractivity contribution in [2.24, 2.45) is 16.7 Å². The lowest BCUT2D eigenvalue weighted by Crippen LogP contribution is -2.46. The lowest BCUT2D eigenvalue weighted by atomic mass is 9.62. The van der Waals surface area contributed by atoms with Crippen molar-refractivity contribution >= 4 is 16.7 Å².